The van der Waals surface area contributed by atoms with Crippen LogP contribution >= 0.6 is 22.9 Å². The molecule has 3 rings (SSSR count). The van der Waals surface area contributed by atoms with E-state index < -0.39 is 46.0 Å². The summed E-state index contributed by atoms with van der Waals surface area (Å²) in [5.74, 6) is -1.35. The first kappa shape index (κ1) is 30.1. The van der Waals surface area contributed by atoms with Gasteiger partial charge in [-0.25, -0.2) is 4.98 Å². The number of nitrogens with zero attached hydrogens (tertiary/aromatic N) is 2. The molecule has 0 radical (unpaired) electrons. The number of amides is 2. The molecule has 0 bridgehead atoms. The van der Waals surface area contributed by atoms with E-state index in [1.807, 2.05) is 0 Å². The lowest BCUT2D eigenvalue weighted by Crippen LogP contribution is -2.53. The number of alkyl halides is 6. The molecule has 0 saturated carbocycles. The van der Waals surface area contributed by atoms with Crippen molar-refractivity contribution in [2.75, 3.05) is 13.1 Å². The molecule has 0 spiro atoms. The Labute approximate surface area is 222 Å². The predicted octanol–water partition coefficient (Wildman–Crippen LogP) is 4.90. The molecule has 210 valence electrons. The quantitative estimate of drug-likeness (QED) is 0.417. The Morgan fingerprint density at radius 3 is 2.24 bits per heavy atom. The zero-order valence-electron chi connectivity index (χ0n) is 20.3. The number of carbonyl (C=O) groups excluding carboxylic acids is 2. The minimum Gasteiger partial charge on any atom is -0.389 e. The topological polar surface area (TPSA) is 103 Å². The van der Waals surface area contributed by atoms with Crippen LogP contribution in [0.2, 0.25) is 5.02 Å². The maximum atomic E-state index is 13.3. The highest BCUT2D eigenvalue weighted by Crippen LogP contribution is 2.51. The van der Waals surface area contributed by atoms with Gasteiger partial charge < -0.3 is 20.4 Å². The molecule has 0 aliphatic carbocycles. The van der Waals surface area contributed by atoms with Crippen LogP contribution in [-0.4, -0.2) is 69.0 Å². The largest absolute Gasteiger partial charge is 0.430 e. The molecule has 2 heterocycles. The SMILES string of the molecule is CC1CCCN1C(=O)c1nc(C(=O)NCC(C)(C)O)sc1-c1ccc(C(O)(C(F)(F)F)C(F)(F)F)cc1Cl. The number of rotatable bonds is 6. The van der Waals surface area contributed by atoms with E-state index in [-0.39, 0.29) is 33.7 Å². The minimum atomic E-state index is -6.11. The summed E-state index contributed by atoms with van der Waals surface area (Å²) in [7, 11) is 0. The Morgan fingerprint density at radius 2 is 1.76 bits per heavy atom. The van der Waals surface area contributed by atoms with Crippen molar-refractivity contribution in [3.8, 4) is 10.4 Å². The summed E-state index contributed by atoms with van der Waals surface area (Å²) >= 11 is 6.77. The van der Waals surface area contributed by atoms with Gasteiger partial charge in [-0.1, -0.05) is 23.7 Å². The molecule has 1 aliphatic rings. The zero-order valence-corrected chi connectivity index (χ0v) is 21.9. The van der Waals surface area contributed by atoms with Crippen molar-refractivity contribution < 1.29 is 46.1 Å². The van der Waals surface area contributed by atoms with Crippen molar-refractivity contribution in [1.82, 2.24) is 15.2 Å². The van der Waals surface area contributed by atoms with E-state index in [4.69, 9.17) is 11.6 Å². The van der Waals surface area contributed by atoms with Crippen LogP contribution in [-0.2, 0) is 5.60 Å². The van der Waals surface area contributed by atoms with Crippen molar-refractivity contribution in [2.45, 2.75) is 63.2 Å². The highest BCUT2D eigenvalue weighted by atomic mass is 35.5. The maximum Gasteiger partial charge on any atom is 0.430 e. The van der Waals surface area contributed by atoms with E-state index in [1.165, 1.54) is 18.7 Å². The summed E-state index contributed by atoms with van der Waals surface area (Å²) in [5.41, 5.74) is -8.45. The standard InChI is InChI=1S/C23H24ClF6N3O4S/c1-11-5-4-8-33(11)19(35)15-16(38-18(32-15)17(34)31-10-20(2,3)36)13-7-6-12(9-14(13)24)21(37,22(25,26)27)23(28,29)30/h6-7,9,11,36-37H,4-5,8,10H2,1-3H3,(H,31,34). The van der Waals surface area contributed by atoms with Gasteiger partial charge in [0, 0.05) is 35.3 Å². The number of halogens is 7. The molecule has 1 aliphatic heterocycles. The first-order valence-corrected chi connectivity index (χ1v) is 12.5. The number of benzene rings is 1. The van der Waals surface area contributed by atoms with Gasteiger partial charge in [0.25, 0.3) is 17.4 Å². The second-order valence-corrected chi connectivity index (χ2v) is 11.0. The van der Waals surface area contributed by atoms with Gasteiger partial charge >= 0.3 is 12.4 Å². The van der Waals surface area contributed by atoms with Crippen LogP contribution in [0.15, 0.2) is 18.2 Å². The fraction of sp³-hybridized carbons (Fsp3) is 0.522. The first-order chi connectivity index (χ1) is 17.3. The normalized spacial score (nSPS) is 17.2. The van der Waals surface area contributed by atoms with Crippen LogP contribution in [0.4, 0.5) is 26.3 Å². The Morgan fingerprint density at radius 1 is 1.16 bits per heavy atom. The van der Waals surface area contributed by atoms with E-state index >= 15 is 0 Å². The molecule has 1 unspecified atom stereocenters. The van der Waals surface area contributed by atoms with E-state index in [9.17, 15) is 46.1 Å². The molecular weight excluding hydrogens is 564 g/mol. The molecule has 2 aromatic rings. The molecule has 1 fully saturated rings. The average Bonchev–Trinajstić information content (AvgIpc) is 3.41. The lowest BCUT2D eigenvalue weighted by molar-refractivity contribution is -0.376. The molecular formula is C23H24ClF6N3O4S. The number of aliphatic hydroxyl groups is 2. The Kier molecular flexibility index (Phi) is 8.15. The lowest BCUT2D eigenvalue weighted by atomic mass is 9.91. The number of nitrogens with one attached hydrogen (secondary N) is 1. The van der Waals surface area contributed by atoms with E-state index in [0.717, 1.165) is 6.07 Å². The van der Waals surface area contributed by atoms with Gasteiger partial charge in [0.15, 0.2) is 5.01 Å². The number of aromatic nitrogens is 1. The van der Waals surface area contributed by atoms with Gasteiger partial charge in [0.1, 0.15) is 5.69 Å². The Bertz CT molecular complexity index is 1210. The van der Waals surface area contributed by atoms with Crippen molar-refractivity contribution in [1.29, 1.82) is 0 Å². The highest BCUT2D eigenvalue weighted by Gasteiger charge is 2.71. The number of likely N-dealkylation sites (tertiary alicyclic amines) is 1. The number of carbonyl (C=O) groups is 2. The van der Waals surface area contributed by atoms with Gasteiger partial charge in [-0.15, -0.1) is 11.3 Å². The molecule has 1 atom stereocenters. The molecule has 1 saturated heterocycles. The van der Waals surface area contributed by atoms with Crippen LogP contribution in [0, 0.1) is 0 Å². The third kappa shape index (κ3) is 5.77. The van der Waals surface area contributed by atoms with Crippen LogP contribution in [0.5, 0.6) is 0 Å². The number of thiazole rings is 1. The van der Waals surface area contributed by atoms with Gasteiger partial charge in [-0.2, -0.15) is 26.3 Å². The van der Waals surface area contributed by atoms with Crippen LogP contribution in [0.25, 0.3) is 10.4 Å². The van der Waals surface area contributed by atoms with Crippen molar-refractivity contribution in [2.24, 2.45) is 0 Å². The molecule has 1 aromatic heterocycles. The molecule has 7 nitrogen and oxygen atoms in total. The fourth-order valence-electron chi connectivity index (χ4n) is 3.90. The van der Waals surface area contributed by atoms with E-state index in [1.54, 1.807) is 6.92 Å². The van der Waals surface area contributed by atoms with Crippen LogP contribution < -0.4 is 5.32 Å². The monoisotopic (exact) mass is 587 g/mol. The summed E-state index contributed by atoms with van der Waals surface area (Å²) in [4.78, 5) is 31.6. The summed E-state index contributed by atoms with van der Waals surface area (Å²) in [6.45, 7) is 4.89. The van der Waals surface area contributed by atoms with Crippen molar-refractivity contribution in [3.05, 3.63) is 39.5 Å². The summed E-state index contributed by atoms with van der Waals surface area (Å²) in [5, 5.41) is 21.1. The van der Waals surface area contributed by atoms with Crippen LogP contribution in [0.3, 0.4) is 0 Å². The van der Waals surface area contributed by atoms with Gasteiger partial charge in [0.05, 0.1) is 10.5 Å². The molecule has 1 aromatic carbocycles. The first-order valence-electron chi connectivity index (χ1n) is 11.3. The van der Waals surface area contributed by atoms with Gasteiger partial charge in [0.2, 0.25) is 0 Å². The van der Waals surface area contributed by atoms with Crippen molar-refractivity contribution >= 4 is 34.8 Å². The third-order valence-corrected chi connectivity index (χ3v) is 7.37. The fourth-order valence-corrected chi connectivity index (χ4v) is 5.24. The zero-order chi connectivity index (χ0) is 28.8. The van der Waals surface area contributed by atoms with E-state index in [2.05, 4.69) is 10.3 Å². The highest BCUT2D eigenvalue weighted by molar-refractivity contribution is 7.17. The minimum absolute atomic E-state index is 0.0541. The molecule has 38 heavy (non-hydrogen) atoms. The van der Waals surface area contributed by atoms with Gasteiger partial charge in [-0.3, -0.25) is 9.59 Å². The second kappa shape index (κ2) is 10.3. The maximum absolute atomic E-state index is 13.3. The van der Waals surface area contributed by atoms with E-state index in [0.29, 0.717) is 42.9 Å². The molecule has 15 heteroatoms. The van der Waals surface area contributed by atoms with Crippen molar-refractivity contribution in [3.63, 3.8) is 0 Å². The van der Waals surface area contributed by atoms with Gasteiger partial charge in [-0.05, 0) is 39.7 Å². The molecule has 2 amide bonds. The number of hydrogen-bond acceptors (Lipinski definition) is 6. The number of hydrogen-bond donors (Lipinski definition) is 3. The Balaban J connectivity index is 2.12. The smallest absolute Gasteiger partial charge is 0.389 e. The lowest BCUT2D eigenvalue weighted by Gasteiger charge is -2.32. The average molecular weight is 588 g/mol. The third-order valence-electron chi connectivity index (χ3n) is 5.97. The summed E-state index contributed by atoms with van der Waals surface area (Å²) in [6, 6.07) is 1.35. The summed E-state index contributed by atoms with van der Waals surface area (Å²) < 4.78 is 80.0. The van der Waals surface area contributed by atoms with Crippen LogP contribution in [0.1, 0.15) is 59.5 Å². The molecule has 3 N–H and O–H groups in total. The second-order valence-electron chi connectivity index (χ2n) is 9.58. The predicted molar refractivity (Wildman–Crippen MR) is 127 cm³/mol. The Hall–Kier alpha value is -2.42. The summed E-state index contributed by atoms with van der Waals surface area (Å²) in [6.07, 6.45) is -10.8.